The van der Waals surface area contributed by atoms with Crippen molar-refractivity contribution in [2.24, 2.45) is 16.1 Å². The van der Waals surface area contributed by atoms with Crippen LogP contribution in [0.2, 0.25) is 5.02 Å². The van der Waals surface area contributed by atoms with Crippen LogP contribution in [0, 0.1) is 5.41 Å². The molecule has 1 aliphatic rings. The van der Waals surface area contributed by atoms with Gasteiger partial charge in [0.05, 0.1) is 5.25 Å². The van der Waals surface area contributed by atoms with Gasteiger partial charge in [0, 0.05) is 16.1 Å². The number of aliphatic imine (C=N–C) groups is 1. The highest BCUT2D eigenvalue weighted by molar-refractivity contribution is 8.14. The van der Waals surface area contributed by atoms with E-state index < -0.39 is 0 Å². The summed E-state index contributed by atoms with van der Waals surface area (Å²) in [5.41, 5.74) is 8.17. The topological polar surface area (TPSA) is 38.4 Å². The molecule has 2 N–H and O–H groups in total. The fourth-order valence-corrected chi connectivity index (χ4v) is 2.75. The quantitative estimate of drug-likeness (QED) is 0.808. The van der Waals surface area contributed by atoms with Crippen molar-refractivity contribution in [1.82, 2.24) is 0 Å². The number of rotatable bonds is 1. The molecule has 0 aromatic heterocycles. The minimum atomic E-state index is 0. The number of amidine groups is 1. The van der Waals surface area contributed by atoms with E-state index in [4.69, 9.17) is 17.3 Å². The third-order valence-electron chi connectivity index (χ3n) is 2.75. The summed E-state index contributed by atoms with van der Waals surface area (Å²) in [5, 5.41) is 1.59. The molecule has 0 spiro atoms. The Morgan fingerprint density at radius 2 is 1.79 bits per heavy atom. The van der Waals surface area contributed by atoms with Gasteiger partial charge in [-0.2, -0.15) is 0 Å². The minimum absolute atomic E-state index is 0. The number of hydrogen-bond acceptors (Lipinski definition) is 3. The zero-order chi connectivity index (χ0) is 13.3. The highest BCUT2D eigenvalue weighted by Gasteiger charge is 2.24. The van der Waals surface area contributed by atoms with Crippen molar-refractivity contribution in [3.63, 3.8) is 0 Å². The Kier molecular flexibility index (Phi) is 5.36. The van der Waals surface area contributed by atoms with Gasteiger partial charge in [-0.25, -0.2) is 4.99 Å². The molecular formula is C14H18Cl2N2S. The van der Waals surface area contributed by atoms with Crippen LogP contribution in [0.15, 0.2) is 41.0 Å². The van der Waals surface area contributed by atoms with Crippen LogP contribution >= 0.6 is 35.8 Å². The Hall–Kier alpha value is -0.640. The van der Waals surface area contributed by atoms with E-state index in [-0.39, 0.29) is 23.1 Å². The zero-order valence-corrected chi connectivity index (χ0v) is 13.6. The van der Waals surface area contributed by atoms with Gasteiger partial charge in [-0.1, -0.05) is 56.3 Å². The molecule has 0 amide bonds. The second-order valence-corrected chi connectivity index (χ2v) is 6.94. The molecule has 1 aliphatic heterocycles. The van der Waals surface area contributed by atoms with E-state index in [0.29, 0.717) is 5.17 Å². The fraction of sp³-hybridized carbons (Fsp3) is 0.357. The molecule has 19 heavy (non-hydrogen) atoms. The number of thioether (sulfide) groups is 1. The first-order valence-electron chi connectivity index (χ1n) is 5.85. The maximum Gasteiger partial charge on any atom is 0.159 e. The lowest BCUT2D eigenvalue weighted by Gasteiger charge is -2.26. The summed E-state index contributed by atoms with van der Waals surface area (Å²) in [4.78, 5) is 4.44. The molecule has 0 fully saturated rings. The van der Waals surface area contributed by atoms with Crippen molar-refractivity contribution in [2.75, 3.05) is 0 Å². The molecule has 1 atom stereocenters. The van der Waals surface area contributed by atoms with Gasteiger partial charge in [-0.3, -0.25) is 0 Å². The number of allylic oxidation sites excluding steroid dienone is 1. The lowest BCUT2D eigenvalue weighted by molar-refractivity contribution is 0.496. The van der Waals surface area contributed by atoms with Gasteiger partial charge < -0.3 is 5.73 Å². The summed E-state index contributed by atoms with van der Waals surface area (Å²) in [6, 6.07) is 7.89. The van der Waals surface area contributed by atoms with Gasteiger partial charge in [0.25, 0.3) is 0 Å². The van der Waals surface area contributed by atoms with E-state index in [0.717, 1.165) is 10.7 Å². The van der Waals surface area contributed by atoms with Crippen LogP contribution in [0.4, 0.5) is 0 Å². The van der Waals surface area contributed by atoms with Crippen molar-refractivity contribution in [3.8, 4) is 0 Å². The van der Waals surface area contributed by atoms with E-state index in [1.165, 1.54) is 5.56 Å². The molecule has 0 radical (unpaired) electrons. The van der Waals surface area contributed by atoms with Crippen LogP contribution in [-0.2, 0) is 0 Å². The molecule has 0 saturated heterocycles. The molecule has 104 valence electrons. The van der Waals surface area contributed by atoms with Gasteiger partial charge in [-0.05, 0) is 23.8 Å². The Bertz CT molecular complexity index is 501. The molecule has 0 aliphatic carbocycles. The lowest BCUT2D eigenvalue weighted by Crippen LogP contribution is -2.18. The van der Waals surface area contributed by atoms with Crippen LogP contribution in [0.25, 0.3) is 0 Å². The third-order valence-corrected chi connectivity index (χ3v) is 4.00. The molecular weight excluding hydrogens is 299 g/mol. The summed E-state index contributed by atoms with van der Waals surface area (Å²) in [6.07, 6.45) is 2.18. The average molecular weight is 317 g/mol. The summed E-state index contributed by atoms with van der Waals surface area (Å²) < 4.78 is 0. The largest absolute Gasteiger partial charge is 0.378 e. The number of nitrogens with two attached hydrogens (primary N) is 1. The third kappa shape index (κ3) is 4.16. The van der Waals surface area contributed by atoms with Crippen molar-refractivity contribution in [2.45, 2.75) is 26.0 Å². The van der Waals surface area contributed by atoms with E-state index >= 15 is 0 Å². The smallest absolute Gasteiger partial charge is 0.159 e. The van der Waals surface area contributed by atoms with E-state index in [9.17, 15) is 0 Å². The van der Waals surface area contributed by atoms with E-state index in [2.05, 4.69) is 31.8 Å². The van der Waals surface area contributed by atoms with Crippen LogP contribution in [0.1, 0.15) is 31.6 Å². The summed E-state index contributed by atoms with van der Waals surface area (Å²) in [7, 11) is 0. The predicted octanol–water partition coefficient (Wildman–Crippen LogP) is 4.79. The van der Waals surface area contributed by atoms with Gasteiger partial charge in [0.15, 0.2) is 5.17 Å². The molecule has 5 heteroatoms. The zero-order valence-electron chi connectivity index (χ0n) is 11.2. The van der Waals surface area contributed by atoms with Gasteiger partial charge in [-0.15, -0.1) is 12.4 Å². The highest BCUT2D eigenvalue weighted by Crippen LogP contribution is 2.40. The second kappa shape index (κ2) is 6.21. The van der Waals surface area contributed by atoms with Gasteiger partial charge in [0.1, 0.15) is 0 Å². The normalized spacial score (nSPS) is 19.3. The predicted molar refractivity (Wildman–Crippen MR) is 88.2 cm³/mol. The second-order valence-electron chi connectivity index (χ2n) is 5.34. The molecule has 0 saturated carbocycles. The number of halogens is 2. The summed E-state index contributed by atoms with van der Waals surface area (Å²) in [6.45, 7) is 6.43. The van der Waals surface area contributed by atoms with Crippen molar-refractivity contribution < 1.29 is 0 Å². The molecule has 1 unspecified atom stereocenters. The molecule has 1 aromatic rings. The molecule has 1 aromatic carbocycles. The van der Waals surface area contributed by atoms with E-state index in [1.54, 1.807) is 11.8 Å². The first kappa shape index (κ1) is 16.4. The van der Waals surface area contributed by atoms with Crippen molar-refractivity contribution >= 4 is 40.9 Å². The minimum Gasteiger partial charge on any atom is -0.378 e. The Labute approximate surface area is 129 Å². The van der Waals surface area contributed by atoms with Crippen LogP contribution < -0.4 is 5.73 Å². The summed E-state index contributed by atoms with van der Waals surface area (Å²) >= 11 is 7.48. The number of hydrogen-bond donors (Lipinski definition) is 1. The molecule has 0 bridgehead atoms. The SMILES string of the molecule is CC(C)(C)C1=CC(c2ccc(Cl)cc2)SC(N)=N1.Cl. The average Bonchev–Trinajstić information content (AvgIpc) is 2.28. The van der Waals surface area contributed by atoms with E-state index in [1.807, 2.05) is 24.3 Å². The van der Waals surface area contributed by atoms with Crippen LogP contribution in [0.3, 0.4) is 0 Å². The van der Waals surface area contributed by atoms with Gasteiger partial charge >= 0.3 is 0 Å². The molecule has 1 heterocycles. The highest BCUT2D eigenvalue weighted by atomic mass is 35.5. The lowest BCUT2D eigenvalue weighted by atomic mass is 9.91. The van der Waals surface area contributed by atoms with Crippen LogP contribution in [0.5, 0.6) is 0 Å². The van der Waals surface area contributed by atoms with Gasteiger partial charge in [0.2, 0.25) is 0 Å². The Balaban J connectivity index is 0.00000180. The molecule has 2 nitrogen and oxygen atoms in total. The monoisotopic (exact) mass is 316 g/mol. The standard InChI is InChI=1S/C14H17ClN2S.ClH/c1-14(2,3)12-8-11(18-13(16)17-12)9-4-6-10(15)7-5-9;/h4-8,11H,1-3H3,(H2,16,17);1H. The molecule has 2 rings (SSSR count). The van der Waals surface area contributed by atoms with Crippen molar-refractivity contribution in [1.29, 1.82) is 0 Å². The maximum atomic E-state index is 5.93. The maximum absolute atomic E-state index is 5.93. The number of benzene rings is 1. The Morgan fingerprint density at radius 3 is 2.32 bits per heavy atom. The first-order chi connectivity index (χ1) is 8.36. The Morgan fingerprint density at radius 1 is 1.21 bits per heavy atom. The van der Waals surface area contributed by atoms with Crippen LogP contribution in [-0.4, -0.2) is 5.17 Å². The number of nitrogens with zero attached hydrogens (tertiary/aromatic N) is 1. The first-order valence-corrected chi connectivity index (χ1v) is 7.10. The fourth-order valence-electron chi connectivity index (χ4n) is 1.72. The summed E-state index contributed by atoms with van der Waals surface area (Å²) in [5.74, 6) is 0. The van der Waals surface area contributed by atoms with Crippen molar-refractivity contribution in [3.05, 3.63) is 46.6 Å².